The Morgan fingerprint density at radius 1 is 1.56 bits per heavy atom. The Hall–Kier alpha value is -1.77. The van der Waals surface area contributed by atoms with E-state index in [1.807, 2.05) is 24.3 Å². The third-order valence-electron chi connectivity index (χ3n) is 2.13. The molecule has 1 rings (SSSR count). The predicted octanol–water partition coefficient (Wildman–Crippen LogP) is 2.66. The van der Waals surface area contributed by atoms with Gasteiger partial charge in [0.05, 0.1) is 6.42 Å². The largest absolute Gasteiger partial charge is 0.490 e. The first kappa shape index (κ1) is 12.3. The van der Waals surface area contributed by atoms with Crippen LogP contribution in [-0.2, 0) is 11.2 Å². The molecule has 3 heteroatoms. The van der Waals surface area contributed by atoms with Gasteiger partial charge in [0, 0.05) is 0 Å². The molecule has 0 bridgehead atoms. The molecule has 0 amide bonds. The Kier molecular flexibility index (Phi) is 4.58. The van der Waals surface area contributed by atoms with Crippen LogP contribution in [0.25, 0.3) is 0 Å². The molecule has 0 aliphatic heterocycles. The summed E-state index contributed by atoms with van der Waals surface area (Å²) in [6.45, 7) is 5.42. The molecule has 1 N–H and O–H groups in total. The molecule has 3 nitrogen and oxygen atoms in total. The van der Waals surface area contributed by atoms with Crippen LogP contribution < -0.4 is 4.74 Å². The van der Waals surface area contributed by atoms with E-state index < -0.39 is 5.97 Å². The Morgan fingerprint density at radius 3 is 2.88 bits per heavy atom. The number of hydrogen-bond acceptors (Lipinski definition) is 2. The molecule has 1 aromatic rings. The molecule has 0 fully saturated rings. The predicted molar refractivity (Wildman–Crippen MR) is 62.7 cm³/mol. The number of carbonyl (C=O) groups is 1. The standard InChI is InChI=1S/C13H16O3/c1-3-6-11-7-4-5-8-12(11)16-10(2)9-13(14)15/h3-5,7-8,10H,1,6,9H2,2H3,(H,14,15)/t10-/m1/s1. The van der Waals surface area contributed by atoms with E-state index in [4.69, 9.17) is 9.84 Å². The SMILES string of the molecule is C=CCc1ccccc1O[C@H](C)CC(=O)O. The zero-order valence-corrected chi connectivity index (χ0v) is 9.35. The van der Waals surface area contributed by atoms with Crippen LogP contribution in [0.15, 0.2) is 36.9 Å². The van der Waals surface area contributed by atoms with Crippen molar-refractivity contribution in [3.8, 4) is 5.75 Å². The van der Waals surface area contributed by atoms with Gasteiger partial charge in [-0.25, -0.2) is 0 Å². The normalized spacial score (nSPS) is 11.8. The van der Waals surface area contributed by atoms with Crippen LogP contribution in [0.2, 0.25) is 0 Å². The fourth-order valence-electron chi connectivity index (χ4n) is 1.45. The van der Waals surface area contributed by atoms with E-state index in [1.165, 1.54) is 0 Å². The van der Waals surface area contributed by atoms with Crippen LogP contribution in [0, 0.1) is 0 Å². The van der Waals surface area contributed by atoms with Gasteiger partial charge in [0.15, 0.2) is 0 Å². The third kappa shape index (κ3) is 3.77. The summed E-state index contributed by atoms with van der Waals surface area (Å²) in [5.74, 6) is -0.121. The number of allylic oxidation sites excluding steroid dienone is 1. The molecule has 0 heterocycles. The Balaban J connectivity index is 2.71. The lowest BCUT2D eigenvalue weighted by Crippen LogP contribution is -2.17. The molecule has 0 radical (unpaired) electrons. The second-order valence-corrected chi connectivity index (χ2v) is 3.63. The van der Waals surface area contributed by atoms with Gasteiger partial charge in [0.1, 0.15) is 11.9 Å². The highest BCUT2D eigenvalue weighted by atomic mass is 16.5. The molecule has 0 saturated carbocycles. The molecular weight excluding hydrogens is 204 g/mol. The van der Waals surface area contributed by atoms with Crippen molar-refractivity contribution in [2.45, 2.75) is 25.9 Å². The van der Waals surface area contributed by atoms with E-state index >= 15 is 0 Å². The van der Waals surface area contributed by atoms with Crippen LogP contribution >= 0.6 is 0 Å². The lowest BCUT2D eigenvalue weighted by Gasteiger charge is -2.15. The minimum absolute atomic E-state index is 0.00240. The van der Waals surface area contributed by atoms with E-state index in [9.17, 15) is 4.79 Å². The van der Waals surface area contributed by atoms with Crippen LogP contribution in [0.3, 0.4) is 0 Å². The first-order chi connectivity index (χ1) is 7.63. The first-order valence-electron chi connectivity index (χ1n) is 5.20. The van der Waals surface area contributed by atoms with E-state index in [-0.39, 0.29) is 12.5 Å². The van der Waals surface area contributed by atoms with Crippen LogP contribution in [0.1, 0.15) is 18.9 Å². The zero-order valence-electron chi connectivity index (χ0n) is 9.35. The topological polar surface area (TPSA) is 46.5 Å². The molecule has 86 valence electrons. The molecule has 16 heavy (non-hydrogen) atoms. The van der Waals surface area contributed by atoms with E-state index in [2.05, 4.69) is 6.58 Å². The summed E-state index contributed by atoms with van der Waals surface area (Å²) in [7, 11) is 0. The summed E-state index contributed by atoms with van der Waals surface area (Å²) in [5, 5.41) is 8.64. The minimum Gasteiger partial charge on any atom is -0.490 e. The van der Waals surface area contributed by atoms with Crippen molar-refractivity contribution in [2.24, 2.45) is 0 Å². The zero-order chi connectivity index (χ0) is 12.0. The monoisotopic (exact) mass is 220 g/mol. The number of para-hydroxylation sites is 1. The Bertz CT molecular complexity index is 371. The van der Waals surface area contributed by atoms with Gasteiger partial charge in [-0.2, -0.15) is 0 Å². The van der Waals surface area contributed by atoms with Gasteiger partial charge in [-0.1, -0.05) is 24.3 Å². The lowest BCUT2D eigenvalue weighted by molar-refractivity contribution is -0.138. The van der Waals surface area contributed by atoms with Crippen LogP contribution in [0.5, 0.6) is 5.75 Å². The van der Waals surface area contributed by atoms with Crippen molar-refractivity contribution in [2.75, 3.05) is 0 Å². The summed E-state index contributed by atoms with van der Waals surface area (Å²) in [6.07, 6.45) is 2.19. The van der Waals surface area contributed by atoms with E-state index in [1.54, 1.807) is 13.0 Å². The van der Waals surface area contributed by atoms with Gasteiger partial charge >= 0.3 is 5.97 Å². The Morgan fingerprint density at radius 2 is 2.25 bits per heavy atom. The summed E-state index contributed by atoms with van der Waals surface area (Å²) < 4.78 is 5.58. The maximum absolute atomic E-state index is 10.5. The number of carboxylic acids is 1. The molecule has 1 aromatic carbocycles. The van der Waals surface area contributed by atoms with Gasteiger partial charge in [-0.05, 0) is 25.0 Å². The fourth-order valence-corrected chi connectivity index (χ4v) is 1.45. The van der Waals surface area contributed by atoms with Crippen molar-refractivity contribution < 1.29 is 14.6 Å². The highest BCUT2D eigenvalue weighted by molar-refractivity contribution is 5.67. The second-order valence-electron chi connectivity index (χ2n) is 3.63. The number of aliphatic carboxylic acids is 1. The van der Waals surface area contributed by atoms with Crippen molar-refractivity contribution in [3.63, 3.8) is 0 Å². The van der Waals surface area contributed by atoms with Crippen molar-refractivity contribution in [1.29, 1.82) is 0 Å². The van der Waals surface area contributed by atoms with Crippen molar-refractivity contribution in [1.82, 2.24) is 0 Å². The number of hydrogen-bond donors (Lipinski definition) is 1. The molecular formula is C13H16O3. The maximum atomic E-state index is 10.5. The molecule has 0 aromatic heterocycles. The average molecular weight is 220 g/mol. The number of carboxylic acid groups (broad SMARTS) is 1. The highest BCUT2D eigenvalue weighted by Crippen LogP contribution is 2.20. The Labute approximate surface area is 95.4 Å². The minimum atomic E-state index is -0.853. The molecule has 0 unspecified atom stereocenters. The van der Waals surface area contributed by atoms with Gasteiger partial charge in [0.25, 0.3) is 0 Å². The van der Waals surface area contributed by atoms with Gasteiger partial charge in [-0.3, -0.25) is 4.79 Å². The van der Waals surface area contributed by atoms with Gasteiger partial charge in [-0.15, -0.1) is 6.58 Å². The van der Waals surface area contributed by atoms with Gasteiger partial charge in [0.2, 0.25) is 0 Å². The lowest BCUT2D eigenvalue weighted by atomic mass is 10.1. The molecule has 0 aliphatic rings. The molecule has 0 saturated heterocycles. The summed E-state index contributed by atoms with van der Waals surface area (Å²) in [4.78, 5) is 10.5. The van der Waals surface area contributed by atoms with Crippen molar-refractivity contribution in [3.05, 3.63) is 42.5 Å². The van der Waals surface area contributed by atoms with E-state index in [0.29, 0.717) is 0 Å². The quantitative estimate of drug-likeness (QED) is 0.750. The maximum Gasteiger partial charge on any atom is 0.307 e. The third-order valence-corrected chi connectivity index (χ3v) is 2.13. The summed E-state index contributed by atoms with van der Waals surface area (Å²) >= 11 is 0. The number of rotatable bonds is 6. The van der Waals surface area contributed by atoms with Crippen molar-refractivity contribution >= 4 is 5.97 Å². The molecule has 0 aliphatic carbocycles. The smallest absolute Gasteiger partial charge is 0.307 e. The number of benzene rings is 1. The van der Waals surface area contributed by atoms with Crippen LogP contribution in [0.4, 0.5) is 0 Å². The summed E-state index contributed by atoms with van der Waals surface area (Å²) in [5.41, 5.74) is 1.02. The van der Waals surface area contributed by atoms with Crippen LogP contribution in [-0.4, -0.2) is 17.2 Å². The molecule has 0 spiro atoms. The highest BCUT2D eigenvalue weighted by Gasteiger charge is 2.10. The second kappa shape index (κ2) is 5.95. The first-order valence-corrected chi connectivity index (χ1v) is 5.20. The molecule has 1 atom stereocenters. The average Bonchev–Trinajstić information content (AvgIpc) is 2.20. The summed E-state index contributed by atoms with van der Waals surface area (Å²) in [6, 6.07) is 7.59. The van der Waals surface area contributed by atoms with E-state index in [0.717, 1.165) is 17.7 Å². The number of ether oxygens (including phenoxy) is 1. The van der Waals surface area contributed by atoms with Gasteiger partial charge < -0.3 is 9.84 Å². The fraction of sp³-hybridized carbons (Fsp3) is 0.308.